The molecular formula is C10H11N5O3. The van der Waals surface area contributed by atoms with Crippen LogP contribution in [0.2, 0.25) is 0 Å². The van der Waals surface area contributed by atoms with Crippen molar-refractivity contribution in [3.63, 3.8) is 0 Å². The lowest BCUT2D eigenvalue weighted by atomic mass is 10.3. The fourth-order valence-electron chi connectivity index (χ4n) is 1.32. The first-order valence-electron chi connectivity index (χ1n) is 5.21. The number of aryl methyl sites for hydroxylation is 1. The van der Waals surface area contributed by atoms with Crippen LogP contribution in [-0.2, 0) is 0 Å². The molecule has 0 aliphatic rings. The second-order valence-corrected chi connectivity index (χ2v) is 3.69. The average molecular weight is 249 g/mol. The van der Waals surface area contributed by atoms with Gasteiger partial charge in [-0.15, -0.1) is 0 Å². The topological polar surface area (TPSA) is 114 Å². The Morgan fingerprint density at radius 3 is 2.89 bits per heavy atom. The Balaban J connectivity index is 2.10. The van der Waals surface area contributed by atoms with Crippen LogP contribution in [0.1, 0.15) is 35.2 Å². The summed E-state index contributed by atoms with van der Waals surface area (Å²) in [5.74, 6) is 0.316. The van der Waals surface area contributed by atoms with E-state index in [9.17, 15) is 9.59 Å². The maximum atomic E-state index is 11.8. The van der Waals surface area contributed by atoms with Gasteiger partial charge >= 0.3 is 0 Å². The molecule has 2 heterocycles. The normalized spacial score (nSPS) is 12.1. The third-order valence-electron chi connectivity index (χ3n) is 2.16. The summed E-state index contributed by atoms with van der Waals surface area (Å²) in [7, 11) is 0. The van der Waals surface area contributed by atoms with Crippen LogP contribution in [0.3, 0.4) is 0 Å². The molecule has 1 atom stereocenters. The first-order valence-corrected chi connectivity index (χ1v) is 5.21. The van der Waals surface area contributed by atoms with Gasteiger partial charge in [-0.3, -0.25) is 14.6 Å². The number of amides is 1. The molecule has 0 saturated carbocycles. The van der Waals surface area contributed by atoms with Crippen molar-refractivity contribution in [2.45, 2.75) is 19.9 Å². The van der Waals surface area contributed by atoms with Crippen molar-refractivity contribution >= 4 is 5.91 Å². The standard InChI is InChI=1S/C10H11N5O3/c1-5(10-13-6(2)15-18-10)12-9(17)7-3-11-4-8(16)14-7/h3-5H,1-2H3,(H,12,17)(H,14,16)/t5-/m0/s1. The van der Waals surface area contributed by atoms with Crippen molar-refractivity contribution in [1.29, 1.82) is 0 Å². The number of nitrogens with one attached hydrogen (secondary N) is 2. The lowest BCUT2D eigenvalue weighted by Crippen LogP contribution is -2.29. The van der Waals surface area contributed by atoms with Crippen LogP contribution >= 0.6 is 0 Å². The first kappa shape index (κ1) is 12.0. The lowest BCUT2D eigenvalue weighted by molar-refractivity contribution is 0.0926. The van der Waals surface area contributed by atoms with Gasteiger partial charge in [-0.05, 0) is 13.8 Å². The Bertz CT molecular complexity index is 618. The van der Waals surface area contributed by atoms with Gasteiger partial charge in [0.2, 0.25) is 5.89 Å². The molecule has 0 fully saturated rings. The number of hydrogen-bond donors (Lipinski definition) is 2. The zero-order valence-corrected chi connectivity index (χ0v) is 9.80. The number of carbonyl (C=O) groups is 1. The minimum absolute atomic E-state index is 0.0746. The SMILES string of the molecule is Cc1noc([C@H](C)NC(=O)c2cncc(=O)[nH]2)n1. The number of carbonyl (C=O) groups excluding carboxylic acids is 1. The Hall–Kier alpha value is -2.51. The summed E-state index contributed by atoms with van der Waals surface area (Å²) in [5, 5.41) is 6.23. The van der Waals surface area contributed by atoms with Crippen LogP contribution < -0.4 is 10.9 Å². The molecule has 0 bridgehead atoms. The average Bonchev–Trinajstić information content (AvgIpc) is 2.76. The van der Waals surface area contributed by atoms with Crippen LogP contribution in [0, 0.1) is 6.92 Å². The summed E-state index contributed by atoms with van der Waals surface area (Å²) in [6.45, 7) is 3.37. The van der Waals surface area contributed by atoms with Gasteiger partial charge in [-0.2, -0.15) is 4.98 Å². The second kappa shape index (κ2) is 4.78. The van der Waals surface area contributed by atoms with Gasteiger partial charge in [0.1, 0.15) is 11.7 Å². The largest absolute Gasteiger partial charge is 0.339 e. The molecule has 2 aromatic heterocycles. The van der Waals surface area contributed by atoms with Gasteiger partial charge in [-0.25, -0.2) is 0 Å². The molecule has 0 aliphatic heterocycles. The number of aromatic amines is 1. The van der Waals surface area contributed by atoms with Crippen molar-refractivity contribution in [3.8, 4) is 0 Å². The van der Waals surface area contributed by atoms with Crippen molar-refractivity contribution in [2.75, 3.05) is 0 Å². The molecule has 2 rings (SSSR count). The monoisotopic (exact) mass is 249 g/mol. The predicted molar refractivity (Wildman–Crippen MR) is 59.8 cm³/mol. The number of H-pyrrole nitrogens is 1. The molecule has 0 aromatic carbocycles. The molecule has 0 saturated heterocycles. The Morgan fingerprint density at radius 1 is 1.50 bits per heavy atom. The first-order chi connectivity index (χ1) is 8.56. The van der Waals surface area contributed by atoms with Crippen molar-refractivity contribution < 1.29 is 9.32 Å². The maximum absolute atomic E-state index is 11.8. The molecule has 94 valence electrons. The molecule has 8 nitrogen and oxygen atoms in total. The minimum atomic E-state index is -0.469. The van der Waals surface area contributed by atoms with Crippen LogP contribution in [0.15, 0.2) is 21.7 Å². The van der Waals surface area contributed by atoms with Crippen LogP contribution in [-0.4, -0.2) is 26.0 Å². The molecule has 8 heteroatoms. The van der Waals surface area contributed by atoms with Gasteiger partial charge < -0.3 is 14.8 Å². The fourth-order valence-corrected chi connectivity index (χ4v) is 1.32. The van der Waals surface area contributed by atoms with Gasteiger partial charge in [0.05, 0.1) is 12.4 Å². The summed E-state index contributed by atoms with van der Waals surface area (Å²) < 4.78 is 4.92. The van der Waals surface area contributed by atoms with Gasteiger partial charge in [0.15, 0.2) is 5.82 Å². The van der Waals surface area contributed by atoms with Crippen molar-refractivity contribution in [1.82, 2.24) is 25.4 Å². The van der Waals surface area contributed by atoms with E-state index in [1.54, 1.807) is 13.8 Å². The number of nitrogens with zero attached hydrogens (tertiary/aromatic N) is 3. The van der Waals surface area contributed by atoms with Crippen LogP contribution in [0.5, 0.6) is 0 Å². The molecular weight excluding hydrogens is 238 g/mol. The molecule has 0 radical (unpaired) electrons. The van der Waals surface area contributed by atoms with Crippen molar-refractivity contribution in [2.24, 2.45) is 0 Å². The molecule has 1 amide bonds. The van der Waals surface area contributed by atoms with E-state index in [2.05, 4.69) is 25.4 Å². The number of rotatable bonds is 3. The smallest absolute Gasteiger partial charge is 0.270 e. The Morgan fingerprint density at radius 2 is 2.28 bits per heavy atom. The van der Waals surface area contributed by atoms with E-state index in [4.69, 9.17) is 4.52 Å². The highest BCUT2D eigenvalue weighted by Gasteiger charge is 2.17. The fraction of sp³-hybridized carbons (Fsp3) is 0.300. The number of aromatic nitrogens is 4. The highest BCUT2D eigenvalue weighted by molar-refractivity contribution is 5.92. The third-order valence-corrected chi connectivity index (χ3v) is 2.16. The van der Waals surface area contributed by atoms with Crippen LogP contribution in [0.25, 0.3) is 0 Å². The van der Waals surface area contributed by atoms with Gasteiger partial charge in [-0.1, -0.05) is 5.16 Å². The summed E-state index contributed by atoms with van der Waals surface area (Å²) in [6, 6.07) is -0.456. The predicted octanol–water partition coefficient (Wildman–Crippen LogP) is -0.0477. The molecule has 2 N–H and O–H groups in total. The molecule has 0 spiro atoms. The van der Waals surface area contributed by atoms with Gasteiger partial charge in [0, 0.05) is 0 Å². The van der Waals surface area contributed by atoms with E-state index < -0.39 is 17.5 Å². The third kappa shape index (κ3) is 2.59. The molecule has 18 heavy (non-hydrogen) atoms. The highest BCUT2D eigenvalue weighted by atomic mass is 16.5. The Kier molecular flexibility index (Phi) is 3.18. The zero-order valence-electron chi connectivity index (χ0n) is 9.80. The van der Waals surface area contributed by atoms with Crippen molar-refractivity contribution in [3.05, 3.63) is 40.2 Å². The van der Waals surface area contributed by atoms with Gasteiger partial charge in [0.25, 0.3) is 11.5 Å². The summed E-state index contributed by atoms with van der Waals surface area (Å²) in [4.78, 5) is 32.8. The molecule has 0 unspecified atom stereocenters. The van der Waals surface area contributed by atoms with E-state index in [-0.39, 0.29) is 5.69 Å². The summed E-state index contributed by atoms with van der Waals surface area (Å²) in [6.07, 6.45) is 2.35. The molecule has 2 aromatic rings. The molecule has 0 aliphatic carbocycles. The minimum Gasteiger partial charge on any atom is -0.339 e. The van der Waals surface area contributed by atoms with E-state index in [1.807, 2.05) is 0 Å². The van der Waals surface area contributed by atoms with E-state index in [0.29, 0.717) is 11.7 Å². The van der Waals surface area contributed by atoms with E-state index in [1.165, 1.54) is 6.20 Å². The highest BCUT2D eigenvalue weighted by Crippen LogP contribution is 2.09. The number of hydrogen-bond acceptors (Lipinski definition) is 6. The second-order valence-electron chi connectivity index (χ2n) is 3.69. The quantitative estimate of drug-likeness (QED) is 0.788. The van der Waals surface area contributed by atoms with Crippen LogP contribution in [0.4, 0.5) is 0 Å². The summed E-state index contributed by atoms with van der Waals surface area (Å²) >= 11 is 0. The van der Waals surface area contributed by atoms with E-state index >= 15 is 0 Å². The lowest BCUT2D eigenvalue weighted by Gasteiger charge is -2.08. The maximum Gasteiger partial charge on any atom is 0.270 e. The van der Waals surface area contributed by atoms with E-state index in [0.717, 1.165) is 6.20 Å². The summed E-state index contributed by atoms with van der Waals surface area (Å²) in [5.41, 5.74) is -0.366. The zero-order chi connectivity index (χ0) is 13.1. The Labute approximate surface area is 101 Å².